The minimum Gasteiger partial charge on any atom is -0.452 e. The first-order chi connectivity index (χ1) is 12.2. The number of benzene rings is 1. The number of urea groups is 1. The Morgan fingerprint density at radius 3 is 2.38 bits per heavy atom. The molecule has 1 aliphatic heterocycles. The lowest BCUT2D eigenvalue weighted by Crippen LogP contribution is -2.46. The molecule has 8 nitrogen and oxygen atoms in total. The van der Waals surface area contributed by atoms with E-state index < -0.39 is 29.9 Å². The predicted molar refractivity (Wildman–Crippen MR) is 94.1 cm³/mol. The molecule has 1 aromatic rings. The van der Waals surface area contributed by atoms with Crippen molar-refractivity contribution in [3.63, 3.8) is 0 Å². The van der Waals surface area contributed by atoms with Crippen LogP contribution in [0.5, 0.6) is 0 Å². The Balaban J connectivity index is 2.05. The van der Waals surface area contributed by atoms with Gasteiger partial charge in [-0.1, -0.05) is 31.5 Å². The van der Waals surface area contributed by atoms with Gasteiger partial charge in [-0.05, 0) is 25.0 Å². The standard InChI is InChI=1S/C18H23N3O5/c1-10(2)15(16(23)20-18(19)25)26-17(24)12-8-14(22)21(9-12)13-6-4-11(3)5-7-13/h4-7,10,12,15H,8-9H2,1-3H3,(H3,19,20,23,25)/t12-,15+/m1/s1. The number of carbonyl (C=O) groups is 4. The highest BCUT2D eigenvalue weighted by atomic mass is 16.5. The molecule has 0 aliphatic carbocycles. The first-order valence-electron chi connectivity index (χ1n) is 8.37. The zero-order valence-electron chi connectivity index (χ0n) is 15.0. The van der Waals surface area contributed by atoms with Gasteiger partial charge in [0.05, 0.1) is 5.92 Å². The molecule has 8 heteroatoms. The van der Waals surface area contributed by atoms with Gasteiger partial charge in [0.1, 0.15) is 0 Å². The van der Waals surface area contributed by atoms with Crippen molar-refractivity contribution in [2.24, 2.45) is 17.6 Å². The molecule has 0 saturated carbocycles. The van der Waals surface area contributed by atoms with E-state index in [4.69, 9.17) is 10.5 Å². The number of hydrogen-bond donors (Lipinski definition) is 2. The number of rotatable bonds is 5. The molecule has 0 bridgehead atoms. The first-order valence-corrected chi connectivity index (χ1v) is 8.37. The summed E-state index contributed by atoms with van der Waals surface area (Å²) in [6.45, 7) is 5.48. The molecular formula is C18H23N3O5. The number of anilines is 1. The van der Waals surface area contributed by atoms with Crippen LogP contribution in [-0.2, 0) is 19.1 Å². The van der Waals surface area contributed by atoms with Crippen LogP contribution in [-0.4, -0.2) is 36.5 Å². The van der Waals surface area contributed by atoms with Crippen LogP contribution in [0.1, 0.15) is 25.8 Å². The van der Waals surface area contributed by atoms with Crippen molar-refractivity contribution in [3.8, 4) is 0 Å². The topological polar surface area (TPSA) is 119 Å². The second kappa shape index (κ2) is 7.99. The van der Waals surface area contributed by atoms with E-state index in [1.807, 2.05) is 36.5 Å². The highest BCUT2D eigenvalue weighted by molar-refractivity contribution is 6.00. The monoisotopic (exact) mass is 361 g/mol. The van der Waals surface area contributed by atoms with Gasteiger partial charge >= 0.3 is 12.0 Å². The minimum atomic E-state index is -1.15. The molecule has 1 saturated heterocycles. The normalized spacial score (nSPS) is 17.9. The van der Waals surface area contributed by atoms with Crippen molar-refractivity contribution in [1.29, 1.82) is 0 Å². The van der Waals surface area contributed by atoms with E-state index in [0.717, 1.165) is 5.56 Å². The molecule has 4 amide bonds. The van der Waals surface area contributed by atoms with Crippen LogP contribution < -0.4 is 16.0 Å². The maximum absolute atomic E-state index is 12.4. The summed E-state index contributed by atoms with van der Waals surface area (Å²) in [4.78, 5) is 49.0. The molecule has 1 aromatic carbocycles. The highest BCUT2D eigenvalue weighted by Crippen LogP contribution is 2.26. The number of aryl methyl sites for hydroxylation is 1. The smallest absolute Gasteiger partial charge is 0.318 e. The number of imide groups is 1. The first kappa shape index (κ1) is 19.4. The fraction of sp³-hybridized carbons (Fsp3) is 0.444. The summed E-state index contributed by atoms with van der Waals surface area (Å²) in [5, 5.41) is 1.91. The highest BCUT2D eigenvalue weighted by Gasteiger charge is 2.38. The van der Waals surface area contributed by atoms with E-state index in [1.165, 1.54) is 4.90 Å². The average Bonchev–Trinajstić information content (AvgIpc) is 2.94. The lowest BCUT2D eigenvalue weighted by molar-refractivity contribution is -0.161. The Kier molecular flexibility index (Phi) is 5.97. The Labute approximate surface area is 151 Å². The van der Waals surface area contributed by atoms with Gasteiger partial charge in [-0.25, -0.2) is 4.79 Å². The minimum absolute atomic E-state index is 0.00889. The number of nitrogens with two attached hydrogens (primary N) is 1. The zero-order chi connectivity index (χ0) is 19.4. The van der Waals surface area contributed by atoms with Crippen molar-refractivity contribution < 1.29 is 23.9 Å². The SMILES string of the molecule is Cc1ccc(N2C[C@H](C(=O)O[C@H](C(=O)NC(N)=O)C(C)C)CC2=O)cc1. The summed E-state index contributed by atoms with van der Waals surface area (Å²) in [6, 6.07) is 6.39. The number of primary amides is 1. The molecule has 3 N–H and O–H groups in total. The van der Waals surface area contributed by atoms with Gasteiger partial charge in [0.2, 0.25) is 5.91 Å². The van der Waals surface area contributed by atoms with Gasteiger partial charge in [0.15, 0.2) is 6.10 Å². The molecule has 140 valence electrons. The number of esters is 1. The third kappa shape index (κ3) is 4.59. The van der Waals surface area contributed by atoms with Crippen molar-refractivity contribution in [3.05, 3.63) is 29.8 Å². The molecule has 1 aliphatic rings. The van der Waals surface area contributed by atoms with E-state index in [1.54, 1.807) is 13.8 Å². The molecule has 1 heterocycles. The summed E-state index contributed by atoms with van der Waals surface area (Å²) in [6.07, 6.45) is -1.15. The number of nitrogens with one attached hydrogen (secondary N) is 1. The lowest BCUT2D eigenvalue weighted by Gasteiger charge is -2.22. The van der Waals surface area contributed by atoms with E-state index in [9.17, 15) is 19.2 Å². The number of ether oxygens (including phenoxy) is 1. The van der Waals surface area contributed by atoms with Gasteiger partial charge in [0.25, 0.3) is 5.91 Å². The van der Waals surface area contributed by atoms with Crippen molar-refractivity contribution in [1.82, 2.24) is 5.32 Å². The lowest BCUT2D eigenvalue weighted by atomic mass is 10.1. The van der Waals surface area contributed by atoms with Gasteiger partial charge in [-0.15, -0.1) is 0 Å². The number of amides is 4. The summed E-state index contributed by atoms with van der Waals surface area (Å²) >= 11 is 0. The molecule has 0 unspecified atom stereocenters. The van der Waals surface area contributed by atoms with Crippen LogP contribution >= 0.6 is 0 Å². The van der Waals surface area contributed by atoms with Crippen LogP contribution in [0.2, 0.25) is 0 Å². The fourth-order valence-electron chi connectivity index (χ4n) is 2.75. The molecule has 1 fully saturated rings. The van der Waals surface area contributed by atoms with Gasteiger partial charge in [-0.3, -0.25) is 19.7 Å². The van der Waals surface area contributed by atoms with E-state index in [-0.39, 0.29) is 24.8 Å². The van der Waals surface area contributed by atoms with Crippen LogP contribution in [0.3, 0.4) is 0 Å². The number of nitrogens with zero attached hydrogens (tertiary/aromatic N) is 1. The third-order valence-electron chi connectivity index (χ3n) is 4.16. The molecule has 0 radical (unpaired) electrons. The van der Waals surface area contributed by atoms with Crippen molar-refractivity contribution >= 4 is 29.5 Å². The number of carbonyl (C=O) groups excluding carboxylic acids is 4. The van der Waals surface area contributed by atoms with Crippen molar-refractivity contribution in [2.75, 3.05) is 11.4 Å². The molecule has 26 heavy (non-hydrogen) atoms. The van der Waals surface area contributed by atoms with E-state index in [0.29, 0.717) is 5.69 Å². The Bertz CT molecular complexity index is 714. The predicted octanol–water partition coefficient (Wildman–Crippen LogP) is 1.11. The van der Waals surface area contributed by atoms with Crippen molar-refractivity contribution in [2.45, 2.75) is 33.3 Å². The summed E-state index contributed by atoms with van der Waals surface area (Å²) in [5.74, 6) is -2.64. The van der Waals surface area contributed by atoms with Crippen LogP contribution in [0.15, 0.2) is 24.3 Å². The second-order valence-corrected chi connectivity index (χ2v) is 6.70. The van der Waals surface area contributed by atoms with Crippen LogP contribution in [0.4, 0.5) is 10.5 Å². The van der Waals surface area contributed by atoms with E-state index in [2.05, 4.69) is 0 Å². The Hall–Kier alpha value is -2.90. The fourth-order valence-corrected chi connectivity index (χ4v) is 2.75. The van der Waals surface area contributed by atoms with Crippen LogP contribution in [0.25, 0.3) is 0 Å². The Morgan fingerprint density at radius 2 is 1.85 bits per heavy atom. The quantitative estimate of drug-likeness (QED) is 0.762. The summed E-state index contributed by atoms with van der Waals surface area (Å²) < 4.78 is 5.27. The molecule has 2 atom stereocenters. The number of hydrogen-bond acceptors (Lipinski definition) is 5. The van der Waals surface area contributed by atoms with Gasteiger partial charge < -0.3 is 15.4 Å². The van der Waals surface area contributed by atoms with Gasteiger partial charge in [0, 0.05) is 18.7 Å². The molecule has 2 rings (SSSR count). The zero-order valence-corrected chi connectivity index (χ0v) is 15.0. The molecular weight excluding hydrogens is 338 g/mol. The third-order valence-corrected chi connectivity index (χ3v) is 4.16. The average molecular weight is 361 g/mol. The summed E-state index contributed by atoms with van der Waals surface area (Å²) in [5.41, 5.74) is 6.71. The molecule has 0 spiro atoms. The Morgan fingerprint density at radius 1 is 1.23 bits per heavy atom. The van der Waals surface area contributed by atoms with E-state index >= 15 is 0 Å². The van der Waals surface area contributed by atoms with Gasteiger partial charge in [-0.2, -0.15) is 0 Å². The maximum atomic E-state index is 12.4. The molecule has 0 aromatic heterocycles. The van der Waals surface area contributed by atoms with Crippen LogP contribution in [0, 0.1) is 18.8 Å². The second-order valence-electron chi connectivity index (χ2n) is 6.70. The largest absolute Gasteiger partial charge is 0.452 e. The summed E-state index contributed by atoms with van der Waals surface area (Å²) in [7, 11) is 0. The maximum Gasteiger partial charge on any atom is 0.318 e.